The van der Waals surface area contributed by atoms with Crippen LogP contribution in [0.1, 0.15) is 16.7 Å². The van der Waals surface area contributed by atoms with E-state index in [1.54, 1.807) is 24.3 Å². The van der Waals surface area contributed by atoms with E-state index in [-0.39, 0.29) is 5.57 Å². The van der Waals surface area contributed by atoms with Gasteiger partial charge in [0.05, 0.1) is 11.6 Å². The fourth-order valence-electron chi connectivity index (χ4n) is 2.42. The van der Waals surface area contributed by atoms with E-state index < -0.39 is 5.82 Å². The van der Waals surface area contributed by atoms with Crippen molar-refractivity contribution in [1.82, 2.24) is 0 Å². The van der Waals surface area contributed by atoms with E-state index in [9.17, 15) is 9.65 Å². The van der Waals surface area contributed by atoms with E-state index in [1.807, 2.05) is 54.6 Å². The maximum atomic E-state index is 13.8. The molecule has 0 aromatic heterocycles. The third-order valence-corrected chi connectivity index (χ3v) is 3.72. The summed E-state index contributed by atoms with van der Waals surface area (Å²) in [5, 5.41) is 9.32. The molecule has 0 amide bonds. The van der Waals surface area contributed by atoms with Crippen LogP contribution in [0.2, 0.25) is 0 Å². The number of hydrogen-bond donors (Lipinski definition) is 0. The van der Waals surface area contributed by atoms with Crippen LogP contribution in [-0.4, -0.2) is 0 Å². The predicted octanol–water partition coefficient (Wildman–Crippen LogP) is 5.47. The van der Waals surface area contributed by atoms with Crippen molar-refractivity contribution in [2.24, 2.45) is 0 Å². The normalized spacial score (nSPS) is 11.0. The van der Waals surface area contributed by atoms with Crippen LogP contribution in [0.4, 0.5) is 4.39 Å². The lowest BCUT2D eigenvalue weighted by Gasteiger charge is -2.07. The van der Waals surface area contributed by atoms with Gasteiger partial charge in [-0.2, -0.15) is 5.26 Å². The average Bonchev–Trinajstić information content (AvgIpc) is 2.67. The zero-order chi connectivity index (χ0) is 17.5. The van der Waals surface area contributed by atoms with Gasteiger partial charge in [-0.05, 0) is 35.4 Å². The summed E-state index contributed by atoms with van der Waals surface area (Å²) in [5.74, 6) is 0.337. The molecule has 0 heterocycles. The fourth-order valence-corrected chi connectivity index (χ4v) is 2.42. The largest absolute Gasteiger partial charge is 0.489 e. The number of ether oxygens (including phenoxy) is 1. The summed E-state index contributed by atoms with van der Waals surface area (Å²) in [4.78, 5) is 0. The van der Waals surface area contributed by atoms with Crippen molar-refractivity contribution in [3.8, 4) is 11.8 Å². The fraction of sp³-hybridized carbons (Fsp3) is 0.0455. The molecule has 3 aromatic rings. The summed E-state index contributed by atoms with van der Waals surface area (Å²) in [6.45, 7) is 0.495. The van der Waals surface area contributed by atoms with Gasteiger partial charge in [0.25, 0.3) is 0 Å². The minimum Gasteiger partial charge on any atom is -0.489 e. The van der Waals surface area contributed by atoms with E-state index in [2.05, 4.69) is 6.07 Å². The number of halogens is 1. The van der Waals surface area contributed by atoms with E-state index in [4.69, 9.17) is 4.74 Å². The van der Waals surface area contributed by atoms with Gasteiger partial charge in [0.15, 0.2) is 0 Å². The zero-order valence-corrected chi connectivity index (χ0v) is 13.5. The molecule has 2 nitrogen and oxygen atoms in total. The van der Waals surface area contributed by atoms with Gasteiger partial charge in [-0.25, -0.2) is 4.39 Å². The lowest BCUT2D eigenvalue weighted by molar-refractivity contribution is 0.306. The van der Waals surface area contributed by atoms with Crippen LogP contribution in [0.15, 0.2) is 78.9 Å². The van der Waals surface area contributed by atoms with Gasteiger partial charge in [0, 0.05) is 5.56 Å². The van der Waals surface area contributed by atoms with Crippen LogP contribution >= 0.6 is 0 Å². The van der Waals surface area contributed by atoms with Gasteiger partial charge in [0.1, 0.15) is 18.2 Å². The molecule has 0 N–H and O–H groups in total. The van der Waals surface area contributed by atoms with Gasteiger partial charge in [-0.15, -0.1) is 0 Å². The molecule has 3 heteroatoms. The number of nitriles is 1. The van der Waals surface area contributed by atoms with E-state index in [0.29, 0.717) is 12.2 Å². The minimum absolute atomic E-state index is 0.288. The van der Waals surface area contributed by atoms with Crippen LogP contribution in [-0.2, 0) is 6.61 Å². The summed E-state index contributed by atoms with van der Waals surface area (Å²) < 4.78 is 19.6. The molecule has 0 saturated heterocycles. The number of hydrogen-bond acceptors (Lipinski definition) is 2. The third kappa shape index (κ3) is 4.33. The summed E-state index contributed by atoms with van der Waals surface area (Å²) in [6.07, 6.45) is 1.67. The zero-order valence-electron chi connectivity index (χ0n) is 13.5. The number of rotatable bonds is 5. The second-order valence-electron chi connectivity index (χ2n) is 5.49. The Labute approximate surface area is 146 Å². The lowest BCUT2D eigenvalue weighted by Crippen LogP contribution is -1.94. The lowest BCUT2D eigenvalue weighted by atomic mass is 10.0. The van der Waals surface area contributed by atoms with Crippen LogP contribution < -0.4 is 4.74 Å². The van der Waals surface area contributed by atoms with Crippen LogP contribution in [0.5, 0.6) is 5.75 Å². The Balaban J connectivity index is 1.73. The molecular formula is C22H16FNO. The van der Waals surface area contributed by atoms with Crippen LogP contribution in [0, 0.1) is 17.1 Å². The van der Waals surface area contributed by atoms with Crippen molar-refractivity contribution in [3.05, 3.63) is 101 Å². The molecule has 25 heavy (non-hydrogen) atoms. The molecule has 0 fully saturated rings. The van der Waals surface area contributed by atoms with Crippen molar-refractivity contribution in [1.29, 1.82) is 5.26 Å². The molecule has 0 aliphatic heterocycles. The van der Waals surface area contributed by atoms with Crippen molar-refractivity contribution in [3.63, 3.8) is 0 Å². The Morgan fingerprint density at radius 1 is 0.920 bits per heavy atom. The van der Waals surface area contributed by atoms with Crippen molar-refractivity contribution in [2.75, 3.05) is 0 Å². The topological polar surface area (TPSA) is 33.0 Å². The monoisotopic (exact) mass is 329 g/mol. The van der Waals surface area contributed by atoms with E-state index in [1.165, 1.54) is 6.07 Å². The average molecular weight is 329 g/mol. The standard InChI is InChI=1S/C22H16FNO/c23-22-9-5-4-8-21(22)19(15-24)14-17-10-12-20(13-11-17)25-16-18-6-2-1-3-7-18/h1-14H,16H2/b19-14-. The SMILES string of the molecule is N#C/C(=C/c1ccc(OCc2ccccc2)cc1)c1ccccc1F. The van der Waals surface area contributed by atoms with Gasteiger partial charge in [-0.1, -0.05) is 60.7 Å². The smallest absolute Gasteiger partial charge is 0.131 e. The predicted molar refractivity (Wildman–Crippen MR) is 97.1 cm³/mol. The van der Waals surface area contributed by atoms with Crippen molar-refractivity contribution in [2.45, 2.75) is 6.61 Å². The molecule has 3 rings (SSSR count). The Morgan fingerprint density at radius 3 is 2.28 bits per heavy atom. The number of allylic oxidation sites excluding steroid dienone is 1. The maximum Gasteiger partial charge on any atom is 0.131 e. The summed E-state index contributed by atoms with van der Waals surface area (Å²) in [6, 6.07) is 25.6. The first-order chi connectivity index (χ1) is 12.3. The third-order valence-electron chi connectivity index (χ3n) is 3.72. The van der Waals surface area contributed by atoms with Crippen molar-refractivity contribution < 1.29 is 9.13 Å². The van der Waals surface area contributed by atoms with E-state index in [0.717, 1.165) is 16.9 Å². The molecule has 0 aliphatic carbocycles. The van der Waals surface area contributed by atoms with Crippen LogP contribution in [0.25, 0.3) is 11.6 Å². The number of benzene rings is 3. The first-order valence-corrected chi connectivity index (χ1v) is 7.90. The minimum atomic E-state index is -0.405. The van der Waals surface area contributed by atoms with Gasteiger partial charge >= 0.3 is 0 Å². The summed E-state index contributed by atoms with van der Waals surface area (Å²) >= 11 is 0. The molecule has 0 atom stereocenters. The van der Waals surface area contributed by atoms with Crippen LogP contribution in [0.3, 0.4) is 0 Å². The Morgan fingerprint density at radius 2 is 1.60 bits per heavy atom. The highest BCUT2D eigenvalue weighted by molar-refractivity contribution is 5.89. The molecule has 122 valence electrons. The van der Waals surface area contributed by atoms with Gasteiger partial charge < -0.3 is 4.74 Å². The number of nitrogens with zero attached hydrogens (tertiary/aromatic N) is 1. The molecule has 0 saturated carbocycles. The molecule has 0 unspecified atom stereocenters. The molecule has 0 bridgehead atoms. The highest BCUT2D eigenvalue weighted by atomic mass is 19.1. The highest BCUT2D eigenvalue weighted by Gasteiger charge is 2.06. The Bertz CT molecular complexity index is 909. The maximum absolute atomic E-state index is 13.8. The Kier molecular flexibility index (Phi) is 5.23. The second-order valence-corrected chi connectivity index (χ2v) is 5.49. The molecule has 0 radical (unpaired) electrons. The summed E-state index contributed by atoms with van der Waals surface area (Å²) in [5.41, 5.74) is 2.50. The van der Waals surface area contributed by atoms with Crippen molar-refractivity contribution >= 4 is 11.6 Å². The first kappa shape index (κ1) is 16.5. The first-order valence-electron chi connectivity index (χ1n) is 7.90. The molecular weight excluding hydrogens is 313 g/mol. The second kappa shape index (κ2) is 7.94. The van der Waals surface area contributed by atoms with E-state index >= 15 is 0 Å². The quantitative estimate of drug-likeness (QED) is 0.459. The highest BCUT2D eigenvalue weighted by Crippen LogP contribution is 2.22. The van der Waals surface area contributed by atoms with Gasteiger partial charge in [0.2, 0.25) is 0 Å². The summed E-state index contributed by atoms with van der Waals surface area (Å²) in [7, 11) is 0. The Hall–Kier alpha value is -3.38. The molecule has 3 aromatic carbocycles. The van der Waals surface area contributed by atoms with Gasteiger partial charge in [-0.3, -0.25) is 0 Å². The molecule has 0 spiro atoms. The molecule has 0 aliphatic rings.